The van der Waals surface area contributed by atoms with Gasteiger partial charge < -0.3 is 0 Å². The molecule has 6 heteroatoms. The maximum absolute atomic E-state index is 11.7. The summed E-state index contributed by atoms with van der Waals surface area (Å²) in [6, 6.07) is 6.46. The van der Waals surface area contributed by atoms with Crippen LogP contribution < -0.4 is 0 Å². The number of rotatable bonds is 3. The Labute approximate surface area is 114 Å². The molecule has 0 radical (unpaired) electrons. The average Bonchev–Trinajstić information content (AvgIpc) is 2.92. The van der Waals surface area contributed by atoms with Crippen molar-refractivity contribution in [2.45, 2.75) is 31.5 Å². The normalized spacial score (nSPS) is 28.7. The first kappa shape index (κ1) is 13.0. The lowest BCUT2D eigenvalue weighted by molar-refractivity contribution is 0.237. The van der Waals surface area contributed by atoms with Gasteiger partial charge in [-0.15, -0.1) is 0 Å². The van der Waals surface area contributed by atoms with Gasteiger partial charge in [-0.1, -0.05) is 6.07 Å². The molecule has 1 aromatic heterocycles. The van der Waals surface area contributed by atoms with Gasteiger partial charge in [0.2, 0.25) is 10.0 Å². The minimum Gasteiger partial charge on any atom is -0.293 e. The Kier molecular flexibility index (Phi) is 3.32. The molecule has 2 aliphatic rings. The molecule has 2 atom stereocenters. The van der Waals surface area contributed by atoms with Crippen LogP contribution in [0.15, 0.2) is 24.4 Å². The quantitative estimate of drug-likeness (QED) is 0.818. The topological polar surface area (TPSA) is 53.5 Å². The average molecular weight is 281 g/mol. The summed E-state index contributed by atoms with van der Waals surface area (Å²) in [4.78, 5) is 6.72. The zero-order chi connectivity index (χ0) is 13.5. The van der Waals surface area contributed by atoms with E-state index in [-0.39, 0.29) is 6.04 Å². The fourth-order valence-electron chi connectivity index (χ4n) is 3.34. The summed E-state index contributed by atoms with van der Waals surface area (Å²) in [6.07, 6.45) is 4.99. The second-order valence-corrected chi connectivity index (χ2v) is 7.31. The van der Waals surface area contributed by atoms with Crippen LogP contribution in [0.2, 0.25) is 0 Å². The summed E-state index contributed by atoms with van der Waals surface area (Å²) in [7, 11) is -3.06. The third kappa shape index (κ3) is 2.52. The van der Waals surface area contributed by atoms with Crippen LogP contribution in [-0.4, -0.2) is 54.0 Å². The Balaban J connectivity index is 1.72. The molecule has 0 bridgehead atoms. The molecule has 0 N–H and O–H groups in total. The number of sulfonamides is 1. The summed E-state index contributed by atoms with van der Waals surface area (Å²) in [5, 5.41) is 0. The Morgan fingerprint density at radius 1 is 1.26 bits per heavy atom. The highest BCUT2D eigenvalue weighted by atomic mass is 32.2. The SMILES string of the molecule is CS(=O)(=O)N1CC[C@@H]2[C@@H]1CCN2Cc1ccccn1. The monoisotopic (exact) mass is 281 g/mol. The van der Waals surface area contributed by atoms with Gasteiger partial charge in [0.1, 0.15) is 0 Å². The molecule has 5 nitrogen and oxygen atoms in total. The highest BCUT2D eigenvalue weighted by Gasteiger charge is 2.45. The van der Waals surface area contributed by atoms with Crippen molar-refractivity contribution >= 4 is 10.0 Å². The van der Waals surface area contributed by atoms with Crippen molar-refractivity contribution < 1.29 is 8.42 Å². The number of fused-ring (bicyclic) bond motifs is 1. The minimum absolute atomic E-state index is 0.165. The maximum atomic E-state index is 11.7. The lowest BCUT2D eigenvalue weighted by Gasteiger charge is -2.24. The summed E-state index contributed by atoms with van der Waals surface area (Å²) in [6.45, 7) is 2.43. The van der Waals surface area contributed by atoms with Gasteiger partial charge in [-0.2, -0.15) is 4.31 Å². The predicted molar refractivity (Wildman–Crippen MR) is 73.0 cm³/mol. The van der Waals surface area contributed by atoms with Crippen molar-refractivity contribution in [1.82, 2.24) is 14.2 Å². The van der Waals surface area contributed by atoms with E-state index in [9.17, 15) is 8.42 Å². The molecule has 0 amide bonds. The zero-order valence-corrected chi connectivity index (χ0v) is 11.9. The van der Waals surface area contributed by atoms with E-state index in [4.69, 9.17) is 0 Å². The summed E-state index contributed by atoms with van der Waals surface area (Å²) < 4.78 is 25.1. The number of hydrogen-bond donors (Lipinski definition) is 0. The van der Waals surface area contributed by atoms with Crippen LogP contribution in [0.3, 0.4) is 0 Å². The van der Waals surface area contributed by atoms with E-state index in [1.807, 2.05) is 18.2 Å². The molecule has 0 unspecified atom stereocenters. The smallest absolute Gasteiger partial charge is 0.211 e. The second-order valence-electron chi connectivity index (χ2n) is 5.38. The number of likely N-dealkylation sites (tertiary alicyclic amines) is 1. The maximum Gasteiger partial charge on any atom is 0.211 e. The van der Waals surface area contributed by atoms with Crippen LogP contribution in [-0.2, 0) is 16.6 Å². The molecule has 0 aliphatic carbocycles. The number of nitrogens with zero attached hydrogens (tertiary/aromatic N) is 3. The van der Waals surface area contributed by atoms with Gasteiger partial charge in [0, 0.05) is 37.9 Å². The van der Waals surface area contributed by atoms with E-state index in [0.717, 1.165) is 31.6 Å². The largest absolute Gasteiger partial charge is 0.293 e. The molecule has 2 fully saturated rings. The van der Waals surface area contributed by atoms with E-state index in [1.165, 1.54) is 6.26 Å². The zero-order valence-electron chi connectivity index (χ0n) is 11.1. The Morgan fingerprint density at radius 2 is 2.05 bits per heavy atom. The van der Waals surface area contributed by atoms with Crippen molar-refractivity contribution in [1.29, 1.82) is 0 Å². The highest BCUT2D eigenvalue weighted by Crippen LogP contribution is 2.33. The van der Waals surface area contributed by atoms with Crippen LogP contribution in [0.5, 0.6) is 0 Å². The molecule has 19 heavy (non-hydrogen) atoms. The van der Waals surface area contributed by atoms with Gasteiger partial charge >= 0.3 is 0 Å². The predicted octanol–water partition coefficient (Wildman–Crippen LogP) is 0.690. The standard InChI is InChI=1S/C13H19N3O2S/c1-19(17,18)16-9-6-12-13(16)5-8-15(12)10-11-4-2-3-7-14-11/h2-4,7,12-13H,5-6,8-10H2,1H3/t12-,13+/m1/s1. The van der Waals surface area contributed by atoms with Gasteiger partial charge in [-0.25, -0.2) is 8.42 Å². The number of pyridine rings is 1. The molecule has 1 aromatic rings. The molecule has 0 spiro atoms. The third-order valence-corrected chi connectivity index (χ3v) is 5.46. The van der Waals surface area contributed by atoms with Crippen molar-refractivity contribution in [3.05, 3.63) is 30.1 Å². The first-order chi connectivity index (χ1) is 9.05. The van der Waals surface area contributed by atoms with Crippen LogP contribution in [0.25, 0.3) is 0 Å². The Morgan fingerprint density at radius 3 is 2.74 bits per heavy atom. The van der Waals surface area contributed by atoms with Crippen LogP contribution in [0, 0.1) is 0 Å². The number of aromatic nitrogens is 1. The molecule has 3 heterocycles. The van der Waals surface area contributed by atoms with Crippen LogP contribution in [0.4, 0.5) is 0 Å². The van der Waals surface area contributed by atoms with Gasteiger partial charge in [0.15, 0.2) is 0 Å². The Hall–Kier alpha value is -0.980. The van der Waals surface area contributed by atoms with Crippen molar-refractivity contribution in [2.24, 2.45) is 0 Å². The second kappa shape index (κ2) is 4.85. The van der Waals surface area contributed by atoms with E-state index in [2.05, 4.69) is 9.88 Å². The van der Waals surface area contributed by atoms with Gasteiger partial charge in [-0.3, -0.25) is 9.88 Å². The Bertz CT molecular complexity index is 546. The van der Waals surface area contributed by atoms with Crippen LogP contribution >= 0.6 is 0 Å². The van der Waals surface area contributed by atoms with E-state index in [0.29, 0.717) is 12.6 Å². The van der Waals surface area contributed by atoms with E-state index >= 15 is 0 Å². The van der Waals surface area contributed by atoms with E-state index in [1.54, 1.807) is 10.5 Å². The minimum atomic E-state index is -3.06. The molecule has 2 aliphatic heterocycles. The third-order valence-electron chi connectivity index (χ3n) is 4.16. The molecule has 3 rings (SSSR count). The van der Waals surface area contributed by atoms with Gasteiger partial charge in [0.25, 0.3) is 0 Å². The van der Waals surface area contributed by atoms with Crippen LogP contribution in [0.1, 0.15) is 18.5 Å². The van der Waals surface area contributed by atoms with Crippen molar-refractivity contribution in [3.63, 3.8) is 0 Å². The highest BCUT2D eigenvalue weighted by molar-refractivity contribution is 7.88. The van der Waals surface area contributed by atoms with Gasteiger partial charge in [-0.05, 0) is 25.0 Å². The first-order valence-corrected chi connectivity index (χ1v) is 8.51. The molecule has 2 saturated heterocycles. The fraction of sp³-hybridized carbons (Fsp3) is 0.615. The molecule has 104 valence electrons. The fourth-order valence-corrected chi connectivity index (χ4v) is 4.52. The lowest BCUT2D eigenvalue weighted by Crippen LogP contribution is -2.39. The summed E-state index contributed by atoms with van der Waals surface area (Å²) in [5.41, 5.74) is 1.06. The number of hydrogen-bond acceptors (Lipinski definition) is 4. The molecule has 0 aromatic carbocycles. The molecule has 0 saturated carbocycles. The summed E-state index contributed by atoms with van der Waals surface area (Å²) in [5.74, 6) is 0. The lowest BCUT2D eigenvalue weighted by atomic mass is 10.1. The van der Waals surface area contributed by atoms with Crippen molar-refractivity contribution in [3.8, 4) is 0 Å². The molecular formula is C13H19N3O2S. The van der Waals surface area contributed by atoms with E-state index < -0.39 is 10.0 Å². The van der Waals surface area contributed by atoms with Crippen molar-refractivity contribution in [2.75, 3.05) is 19.3 Å². The molecular weight excluding hydrogens is 262 g/mol. The first-order valence-electron chi connectivity index (χ1n) is 6.66. The van der Waals surface area contributed by atoms with Gasteiger partial charge in [0.05, 0.1) is 11.9 Å². The summed E-state index contributed by atoms with van der Waals surface area (Å²) >= 11 is 0.